The Kier molecular flexibility index (Phi) is 5.99. The Bertz CT molecular complexity index is 1100. The number of benzene rings is 3. The largest absolute Gasteiger partial charge is 0.311 e. The summed E-state index contributed by atoms with van der Waals surface area (Å²) < 4.78 is 34.1. The van der Waals surface area contributed by atoms with E-state index in [0.29, 0.717) is 17.7 Å². The van der Waals surface area contributed by atoms with Gasteiger partial charge in [-0.1, -0.05) is 98.1 Å². The van der Waals surface area contributed by atoms with Gasteiger partial charge in [-0.15, -0.1) is 0 Å². The average Bonchev–Trinajstić information content (AvgIpc) is 2.80. The van der Waals surface area contributed by atoms with Gasteiger partial charge in [0.05, 0.1) is 9.73 Å². The van der Waals surface area contributed by atoms with E-state index < -0.39 is 22.2 Å². The van der Waals surface area contributed by atoms with Gasteiger partial charge in [0.2, 0.25) is 0 Å². The van der Waals surface area contributed by atoms with Gasteiger partial charge >= 0.3 is 0 Å². The molecule has 3 aromatic carbocycles. The van der Waals surface area contributed by atoms with Crippen LogP contribution in [0, 0.1) is 0 Å². The fourth-order valence-corrected chi connectivity index (χ4v) is 10.5. The molecule has 5 heteroatoms. The number of nitrogens with zero attached hydrogens (tertiary/aromatic N) is 1. The third kappa shape index (κ3) is 3.79. The predicted octanol–water partition coefficient (Wildman–Crippen LogP) is 5.82. The van der Waals surface area contributed by atoms with Gasteiger partial charge in [0.15, 0.2) is 7.14 Å². The van der Waals surface area contributed by atoms with E-state index in [-0.39, 0.29) is 0 Å². The first kappa shape index (κ1) is 21.1. The summed E-state index contributed by atoms with van der Waals surface area (Å²) in [6.45, 7) is 0. The minimum atomic E-state index is -3.19. The highest BCUT2D eigenvalue weighted by Gasteiger charge is 2.51. The lowest BCUT2D eigenvalue weighted by molar-refractivity contribution is 0.390. The molecular weight excluding hydrogens is 409 g/mol. The van der Waals surface area contributed by atoms with Gasteiger partial charge in [-0.25, -0.2) is 8.57 Å². The van der Waals surface area contributed by atoms with E-state index in [1.165, 1.54) is 0 Å². The standard InChI is InChI=1S/C25H28NO2PS/c1-30(28,24-18-10-4-11-19-24)26-25(20-12-5-13-21-25)29(27,22-14-6-2-7-15-22)23-16-8-3-9-17-23/h2-4,6-11,14-19H,5,12-13,20-21H2,1H3. The van der Waals surface area contributed by atoms with Crippen molar-refractivity contribution in [1.82, 2.24) is 0 Å². The van der Waals surface area contributed by atoms with Gasteiger partial charge in [0.25, 0.3) is 0 Å². The molecule has 4 rings (SSSR count). The SMILES string of the molecule is CS(=O)(=NC1(P(=O)(c2ccccc2)c2ccccc2)CCCCC1)c1ccccc1. The molecule has 0 N–H and O–H groups in total. The molecular formula is C25H28NO2PS. The van der Waals surface area contributed by atoms with Crippen LogP contribution < -0.4 is 10.6 Å². The summed E-state index contributed by atoms with van der Waals surface area (Å²) in [5, 5.41) is 0.727. The van der Waals surface area contributed by atoms with E-state index in [1.807, 2.05) is 91.0 Å². The topological polar surface area (TPSA) is 46.5 Å². The van der Waals surface area contributed by atoms with Crippen LogP contribution in [0.4, 0.5) is 0 Å². The molecule has 156 valence electrons. The number of rotatable bonds is 5. The van der Waals surface area contributed by atoms with Crippen LogP contribution in [0.1, 0.15) is 32.1 Å². The van der Waals surface area contributed by atoms with Crippen LogP contribution in [0.5, 0.6) is 0 Å². The first-order valence-electron chi connectivity index (χ1n) is 10.5. The van der Waals surface area contributed by atoms with Crippen molar-refractivity contribution in [2.45, 2.75) is 42.3 Å². The van der Waals surface area contributed by atoms with Gasteiger partial charge in [-0.2, -0.15) is 0 Å². The van der Waals surface area contributed by atoms with Gasteiger partial charge in [-0.3, -0.25) is 0 Å². The summed E-state index contributed by atoms with van der Waals surface area (Å²) in [7, 11) is -5.91. The van der Waals surface area contributed by atoms with Gasteiger partial charge in [0.1, 0.15) is 5.28 Å². The Labute approximate surface area is 180 Å². The van der Waals surface area contributed by atoms with E-state index in [9.17, 15) is 4.21 Å². The molecule has 0 amide bonds. The lowest BCUT2D eigenvalue weighted by Crippen LogP contribution is -2.39. The zero-order valence-electron chi connectivity index (χ0n) is 17.3. The number of hydrogen-bond acceptors (Lipinski definition) is 3. The van der Waals surface area contributed by atoms with Gasteiger partial charge < -0.3 is 4.57 Å². The molecule has 0 bridgehead atoms. The highest BCUT2D eigenvalue weighted by atomic mass is 32.2. The lowest BCUT2D eigenvalue weighted by Gasteiger charge is -2.41. The molecule has 1 saturated carbocycles. The maximum atomic E-state index is 15.2. The molecule has 30 heavy (non-hydrogen) atoms. The van der Waals surface area contributed by atoms with Gasteiger partial charge in [-0.05, 0) is 25.0 Å². The van der Waals surface area contributed by atoms with Crippen molar-refractivity contribution in [1.29, 1.82) is 0 Å². The second-order valence-electron chi connectivity index (χ2n) is 8.03. The van der Waals surface area contributed by atoms with Crippen molar-refractivity contribution in [2.75, 3.05) is 6.26 Å². The minimum Gasteiger partial charge on any atom is -0.311 e. The molecule has 0 radical (unpaired) electrons. The van der Waals surface area contributed by atoms with Crippen LogP contribution in [0.15, 0.2) is 100 Å². The van der Waals surface area contributed by atoms with Crippen LogP contribution in [-0.2, 0) is 14.3 Å². The zero-order valence-corrected chi connectivity index (χ0v) is 19.0. The normalized spacial score (nSPS) is 18.3. The molecule has 0 saturated heterocycles. The quantitative estimate of drug-likeness (QED) is 0.472. The molecule has 1 unspecified atom stereocenters. The summed E-state index contributed by atoms with van der Waals surface area (Å²) in [5.41, 5.74) is 0. The molecule has 1 atom stereocenters. The Morgan fingerprint density at radius 2 is 1.17 bits per heavy atom. The molecule has 3 aromatic rings. The third-order valence-electron chi connectivity index (χ3n) is 6.00. The lowest BCUT2D eigenvalue weighted by atomic mass is 9.95. The number of hydrogen-bond donors (Lipinski definition) is 0. The zero-order chi connectivity index (χ0) is 21.1. The van der Waals surface area contributed by atoms with Crippen LogP contribution in [-0.4, -0.2) is 15.7 Å². The van der Waals surface area contributed by atoms with E-state index in [4.69, 9.17) is 4.36 Å². The van der Waals surface area contributed by atoms with Crippen LogP contribution in [0.2, 0.25) is 0 Å². The molecule has 0 spiro atoms. The summed E-state index contributed by atoms with van der Waals surface area (Å²) >= 11 is 0. The predicted molar refractivity (Wildman–Crippen MR) is 127 cm³/mol. The Morgan fingerprint density at radius 1 is 0.733 bits per heavy atom. The summed E-state index contributed by atoms with van der Waals surface area (Å²) in [4.78, 5) is 0.697. The van der Waals surface area contributed by atoms with Crippen LogP contribution in [0.3, 0.4) is 0 Å². The first-order chi connectivity index (χ1) is 14.5. The summed E-state index contributed by atoms with van der Waals surface area (Å²) in [6, 6.07) is 28.8. The van der Waals surface area contributed by atoms with Crippen LogP contribution >= 0.6 is 7.14 Å². The third-order valence-corrected chi connectivity index (χ3v) is 11.8. The Hall–Kier alpha value is -2.16. The van der Waals surface area contributed by atoms with Crippen LogP contribution in [0.25, 0.3) is 0 Å². The molecule has 0 aliphatic heterocycles. The Balaban J connectivity index is 2.01. The summed E-state index contributed by atoms with van der Waals surface area (Å²) in [5.74, 6) is 0. The fraction of sp³-hybridized carbons (Fsp3) is 0.280. The van der Waals surface area contributed by atoms with Crippen molar-refractivity contribution < 1.29 is 8.77 Å². The maximum absolute atomic E-state index is 15.2. The average molecular weight is 438 g/mol. The molecule has 0 aromatic heterocycles. The molecule has 0 heterocycles. The molecule has 1 fully saturated rings. The van der Waals surface area contributed by atoms with Crippen molar-refractivity contribution in [3.05, 3.63) is 91.0 Å². The van der Waals surface area contributed by atoms with Crippen molar-refractivity contribution in [3.63, 3.8) is 0 Å². The highest BCUT2D eigenvalue weighted by molar-refractivity contribution is 7.93. The van der Waals surface area contributed by atoms with E-state index in [1.54, 1.807) is 6.26 Å². The first-order valence-corrected chi connectivity index (χ1v) is 14.1. The smallest absolute Gasteiger partial charge is 0.170 e. The van der Waals surface area contributed by atoms with Crippen molar-refractivity contribution >= 4 is 27.5 Å². The maximum Gasteiger partial charge on any atom is 0.170 e. The monoisotopic (exact) mass is 437 g/mol. The fourth-order valence-electron chi connectivity index (χ4n) is 4.54. The summed E-state index contributed by atoms with van der Waals surface area (Å²) in [6.07, 6.45) is 6.04. The minimum absolute atomic E-state index is 0.686. The molecule has 1 aliphatic carbocycles. The van der Waals surface area contributed by atoms with E-state index in [0.717, 1.165) is 29.9 Å². The Morgan fingerprint density at radius 3 is 1.63 bits per heavy atom. The second kappa shape index (κ2) is 8.53. The molecule has 1 aliphatic rings. The van der Waals surface area contributed by atoms with Gasteiger partial charge in [0, 0.05) is 21.8 Å². The highest BCUT2D eigenvalue weighted by Crippen LogP contribution is 2.63. The molecule has 3 nitrogen and oxygen atoms in total. The van der Waals surface area contributed by atoms with E-state index in [2.05, 4.69) is 0 Å². The van der Waals surface area contributed by atoms with Crippen molar-refractivity contribution in [2.24, 2.45) is 4.36 Å². The van der Waals surface area contributed by atoms with Crippen molar-refractivity contribution in [3.8, 4) is 0 Å². The second-order valence-corrected chi connectivity index (χ2v) is 13.4. The van der Waals surface area contributed by atoms with E-state index >= 15 is 4.57 Å².